The molecule has 5 nitrogen and oxygen atoms in total. The molecule has 3 aromatic rings. The number of amides is 1. The van der Waals surface area contributed by atoms with Crippen LogP contribution in [0.3, 0.4) is 0 Å². The van der Waals surface area contributed by atoms with Crippen molar-refractivity contribution in [2.45, 2.75) is 31.0 Å². The monoisotopic (exact) mass is 397 g/mol. The van der Waals surface area contributed by atoms with Crippen LogP contribution < -0.4 is 10.1 Å². The van der Waals surface area contributed by atoms with Crippen molar-refractivity contribution in [1.82, 2.24) is 5.32 Å². The molecule has 0 spiro atoms. The minimum atomic E-state index is -1.23. The lowest BCUT2D eigenvalue weighted by Gasteiger charge is -2.10. The third-order valence-electron chi connectivity index (χ3n) is 4.21. The molecule has 1 N–H and O–H groups in total. The van der Waals surface area contributed by atoms with Crippen molar-refractivity contribution in [2.24, 2.45) is 0 Å². The van der Waals surface area contributed by atoms with Crippen LogP contribution in [0.15, 0.2) is 70.0 Å². The molecule has 2 aromatic carbocycles. The van der Waals surface area contributed by atoms with Gasteiger partial charge in [-0.15, -0.1) is 0 Å². The fraction of sp³-hybridized carbons (Fsp3) is 0.227. The van der Waals surface area contributed by atoms with Gasteiger partial charge in [-0.25, -0.2) is 0 Å². The first-order valence-corrected chi connectivity index (χ1v) is 10.4. The first-order valence-electron chi connectivity index (χ1n) is 9.10. The molecule has 0 fully saturated rings. The molecular weight excluding hydrogens is 374 g/mol. The molecule has 0 saturated carbocycles. The van der Waals surface area contributed by atoms with Crippen LogP contribution in [0.2, 0.25) is 0 Å². The smallest absolute Gasteiger partial charge is 0.287 e. The fourth-order valence-corrected chi connectivity index (χ4v) is 4.03. The molecule has 0 aliphatic heterocycles. The summed E-state index contributed by atoms with van der Waals surface area (Å²) in [5.41, 5.74) is 1.86. The van der Waals surface area contributed by atoms with E-state index in [1.165, 1.54) is 0 Å². The van der Waals surface area contributed by atoms with Gasteiger partial charge >= 0.3 is 0 Å². The van der Waals surface area contributed by atoms with Crippen molar-refractivity contribution in [2.75, 3.05) is 6.61 Å². The molecule has 0 aliphatic carbocycles. The number of ether oxygens (including phenoxy) is 1. The van der Waals surface area contributed by atoms with Gasteiger partial charge in [0.05, 0.1) is 23.2 Å². The zero-order chi connectivity index (χ0) is 19.9. The van der Waals surface area contributed by atoms with Crippen LogP contribution >= 0.6 is 0 Å². The van der Waals surface area contributed by atoms with Crippen LogP contribution in [0.5, 0.6) is 5.75 Å². The lowest BCUT2D eigenvalue weighted by Crippen LogP contribution is -2.22. The highest BCUT2D eigenvalue weighted by Gasteiger charge is 2.15. The molecule has 0 saturated heterocycles. The molecule has 1 aromatic heterocycles. The zero-order valence-corrected chi connectivity index (χ0v) is 16.8. The number of hydrogen-bond acceptors (Lipinski definition) is 4. The predicted octanol–water partition coefficient (Wildman–Crippen LogP) is 4.22. The maximum Gasteiger partial charge on any atom is 0.287 e. The first kappa shape index (κ1) is 19.9. The number of rotatable bonds is 8. The molecule has 1 heterocycles. The number of aryl methyl sites for hydroxylation is 1. The SMILES string of the molecule is CCOc1ccccc1CNC(=O)c1ccc(CS(=O)c2ccccc2C)o1. The van der Waals surface area contributed by atoms with Crippen molar-refractivity contribution in [3.63, 3.8) is 0 Å². The van der Waals surface area contributed by atoms with Gasteiger partial charge in [0.1, 0.15) is 11.5 Å². The summed E-state index contributed by atoms with van der Waals surface area (Å²) in [6.07, 6.45) is 0. The van der Waals surface area contributed by atoms with Gasteiger partial charge in [0.15, 0.2) is 5.76 Å². The molecule has 6 heteroatoms. The lowest BCUT2D eigenvalue weighted by atomic mass is 10.2. The average molecular weight is 397 g/mol. The Labute approximate surface area is 167 Å². The van der Waals surface area contributed by atoms with Gasteiger partial charge in [0, 0.05) is 17.0 Å². The van der Waals surface area contributed by atoms with Crippen molar-refractivity contribution in [1.29, 1.82) is 0 Å². The Balaban J connectivity index is 1.61. The zero-order valence-electron chi connectivity index (χ0n) is 15.9. The maximum atomic E-state index is 12.6. The summed E-state index contributed by atoms with van der Waals surface area (Å²) in [6.45, 7) is 4.74. The van der Waals surface area contributed by atoms with Gasteiger partial charge in [-0.05, 0) is 43.7 Å². The molecular formula is C22H23NO4S. The highest BCUT2D eigenvalue weighted by Crippen LogP contribution is 2.19. The second kappa shape index (κ2) is 9.37. The summed E-state index contributed by atoms with van der Waals surface area (Å²) in [6, 6.07) is 18.4. The minimum absolute atomic E-state index is 0.200. The largest absolute Gasteiger partial charge is 0.494 e. The van der Waals surface area contributed by atoms with E-state index in [9.17, 15) is 9.00 Å². The second-order valence-corrected chi connectivity index (χ2v) is 7.66. The third-order valence-corrected chi connectivity index (χ3v) is 5.70. The number of carbonyl (C=O) groups excluding carboxylic acids is 1. The summed E-state index contributed by atoms with van der Waals surface area (Å²) >= 11 is 0. The highest BCUT2D eigenvalue weighted by atomic mass is 32.2. The van der Waals surface area contributed by atoms with E-state index in [-0.39, 0.29) is 17.4 Å². The van der Waals surface area contributed by atoms with Crippen LogP contribution in [-0.4, -0.2) is 16.7 Å². The molecule has 146 valence electrons. The van der Waals surface area contributed by atoms with Gasteiger partial charge in [-0.2, -0.15) is 0 Å². The summed E-state index contributed by atoms with van der Waals surface area (Å²) in [4.78, 5) is 13.2. The van der Waals surface area contributed by atoms with Gasteiger partial charge in [-0.1, -0.05) is 36.4 Å². The number of hydrogen-bond donors (Lipinski definition) is 1. The minimum Gasteiger partial charge on any atom is -0.494 e. The van der Waals surface area contributed by atoms with Crippen molar-refractivity contribution >= 4 is 16.7 Å². The van der Waals surface area contributed by atoms with Crippen LogP contribution in [-0.2, 0) is 23.1 Å². The van der Waals surface area contributed by atoms with E-state index in [2.05, 4.69) is 5.32 Å². The Morgan fingerprint density at radius 2 is 1.82 bits per heavy atom. The summed E-state index contributed by atoms with van der Waals surface area (Å²) in [5.74, 6) is 1.37. The van der Waals surface area contributed by atoms with E-state index in [0.29, 0.717) is 18.9 Å². The second-order valence-electron chi connectivity index (χ2n) is 6.24. The van der Waals surface area contributed by atoms with Crippen molar-refractivity contribution in [3.05, 3.63) is 83.3 Å². The van der Waals surface area contributed by atoms with Crippen LogP contribution in [0.4, 0.5) is 0 Å². The number of nitrogens with one attached hydrogen (secondary N) is 1. The van der Waals surface area contributed by atoms with E-state index >= 15 is 0 Å². The Bertz CT molecular complexity index is 980. The molecule has 1 atom stereocenters. The Morgan fingerprint density at radius 1 is 1.07 bits per heavy atom. The summed E-state index contributed by atoms with van der Waals surface area (Å²) < 4.78 is 23.7. The van der Waals surface area contributed by atoms with Gasteiger partial charge < -0.3 is 14.5 Å². The van der Waals surface area contributed by atoms with E-state index in [0.717, 1.165) is 21.8 Å². The highest BCUT2D eigenvalue weighted by molar-refractivity contribution is 7.84. The molecule has 1 amide bonds. The topological polar surface area (TPSA) is 68.5 Å². The van der Waals surface area contributed by atoms with Crippen LogP contribution in [0, 0.1) is 6.92 Å². The predicted molar refractivity (Wildman–Crippen MR) is 109 cm³/mol. The van der Waals surface area contributed by atoms with Crippen molar-refractivity contribution in [3.8, 4) is 5.75 Å². The molecule has 0 bridgehead atoms. The number of carbonyl (C=O) groups is 1. The van der Waals surface area contributed by atoms with Crippen molar-refractivity contribution < 1.29 is 18.2 Å². The molecule has 0 radical (unpaired) electrons. The maximum absolute atomic E-state index is 12.6. The number of benzene rings is 2. The molecule has 1 unspecified atom stereocenters. The average Bonchev–Trinajstić information content (AvgIpc) is 3.16. The number of furan rings is 1. The quantitative estimate of drug-likeness (QED) is 0.618. The molecule has 0 aliphatic rings. The van der Waals surface area contributed by atoms with E-state index in [1.54, 1.807) is 12.1 Å². The Morgan fingerprint density at radius 3 is 2.61 bits per heavy atom. The fourth-order valence-electron chi connectivity index (χ4n) is 2.81. The van der Waals surface area contributed by atoms with Gasteiger partial charge in [-0.3, -0.25) is 9.00 Å². The van der Waals surface area contributed by atoms with E-state index in [1.807, 2.05) is 62.4 Å². The standard InChI is InChI=1S/C22H23NO4S/c1-3-26-19-10-6-5-9-17(19)14-23-22(24)20-13-12-18(27-20)15-28(25)21-11-7-4-8-16(21)2/h4-13H,3,14-15H2,1-2H3,(H,23,24). The number of para-hydroxylation sites is 1. The first-order chi connectivity index (χ1) is 13.6. The van der Waals surface area contributed by atoms with E-state index in [4.69, 9.17) is 9.15 Å². The third kappa shape index (κ3) is 4.89. The van der Waals surface area contributed by atoms with Crippen LogP contribution in [0.25, 0.3) is 0 Å². The van der Waals surface area contributed by atoms with Crippen LogP contribution in [0.1, 0.15) is 34.4 Å². The molecule has 3 rings (SSSR count). The van der Waals surface area contributed by atoms with Gasteiger partial charge in [0.25, 0.3) is 5.91 Å². The Kier molecular flexibility index (Phi) is 6.66. The normalized spacial score (nSPS) is 11.8. The summed E-state index contributed by atoms with van der Waals surface area (Å²) in [7, 11) is -1.23. The Hall–Kier alpha value is -2.86. The van der Waals surface area contributed by atoms with Gasteiger partial charge in [0.2, 0.25) is 0 Å². The molecule has 28 heavy (non-hydrogen) atoms. The summed E-state index contributed by atoms with van der Waals surface area (Å²) in [5, 5.41) is 2.83. The lowest BCUT2D eigenvalue weighted by molar-refractivity contribution is 0.0921. The van der Waals surface area contributed by atoms with E-state index < -0.39 is 10.8 Å².